The summed E-state index contributed by atoms with van der Waals surface area (Å²) in [6.45, 7) is 3.37. The molecule has 1 saturated heterocycles. The average molecular weight is 375 g/mol. The van der Waals surface area contributed by atoms with E-state index >= 15 is 0 Å². The van der Waals surface area contributed by atoms with Gasteiger partial charge in [0, 0.05) is 41.9 Å². The van der Waals surface area contributed by atoms with Gasteiger partial charge in [0.2, 0.25) is 12.4 Å². The number of aromatic nitrogens is 2. The van der Waals surface area contributed by atoms with Crippen molar-refractivity contribution in [2.75, 3.05) is 41.8 Å². The van der Waals surface area contributed by atoms with Crippen LogP contribution < -0.4 is 15.5 Å². The number of rotatable bonds is 6. The van der Waals surface area contributed by atoms with Gasteiger partial charge in [-0.05, 0) is 42.5 Å². The highest BCUT2D eigenvalue weighted by Gasteiger charge is 2.11. The van der Waals surface area contributed by atoms with Crippen LogP contribution in [0.25, 0.3) is 11.3 Å². The van der Waals surface area contributed by atoms with Crippen LogP contribution in [0.1, 0.15) is 0 Å². The van der Waals surface area contributed by atoms with Crippen LogP contribution in [0, 0.1) is 0 Å². The summed E-state index contributed by atoms with van der Waals surface area (Å²) >= 11 is 0. The van der Waals surface area contributed by atoms with Crippen LogP contribution in [-0.2, 0) is 9.53 Å². The molecular weight excluding hydrogens is 354 g/mol. The smallest absolute Gasteiger partial charge is 0.227 e. The van der Waals surface area contributed by atoms with Crippen LogP contribution in [0.5, 0.6) is 0 Å². The number of hydrogen-bond acceptors (Lipinski definition) is 6. The fourth-order valence-electron chi connectivity index (χ4n) is 3.09. The van der Waals surface area contributed by atoms with Crippen LogP contribution >= 0.6 is 0 Å². The zero-order valence-corrected chi connectivity index (χ0v) is 15.3. The van der Waals surface area contributed by atoms with E-state index in [0.29, 0.717) is 12.4 Å². The molecule has 3 aromatic rings. The van der Waals surface area contributed by atoms with E-state index in [1.54, 1.807) is 6.20 Å². The lowest BCUT2D eigenvalue weighted by Crippen LogP contribution is -2.36. The first kappa shape index (κ1) is 17.9. The monoisotopic (exact) mass is 375 g/mol. The first-order valence-electron chi connectivity index (χ1n) is 9.15. The Morgan fingerprint density at radius 3 is 2.36 bits per heavy atom. The third-order valence-corrected chi connectivity index (χ3v) is 4.56. The molecule has 1 amide bonds. The topological polar surface area (TPSA) is 79.4 Å². The number of nitrogens with zero attached hydrogens (tertiary/aromatic N) is 3. The molecule has 1 aliphatic heterocycles. The Balaban J connectivity index is 1.46. The Morgan fingerprint density at radius 2 is 1.64 bits per heavy atom. The molecular formula is C21H21N5O2. The van der Waals surface area contributed by atoms with Gasteiger partial charge in [0.25, 0.3) is 0 Å². The summed E-state index contributed by atoms with van der Waals surface area (Å²) in [4.78, 5) is 21.7. The van der Waals surface area contributed by atoms with Crippen LogP contribution in [0.15, 0.2) is 60.8 Å². The number of benzene rings is 2. The van der Waals surface area contributed by atoms with E-state index in [-0.39, 0.29) is 0 Å². The van der Waals surface area contributed by atoms with Gasteiger partial charge < -0.3 is 20.3 Å². The molecule has 0 aliphatic carbocycles. The second-order valence-electron chi connectivity index (χ2n) is 6.38. The van der Waals surface area contributed by atoms with Gasteiger partial charge in [-0.1, -0.05) is 12.1 Å². The maximum Gasteiger partial charge on any atom is 0.227 e. The molecule has 7 heteroatoms. The molecule has 0 spiro atoms. The van der Waals surface area contributed by atoms with E-state index in [0.717, 1.165) is 48.9 Å². The maximum atomic E-state index is 10.5. The largest absolute Gasteiger partial charge is 0.378 e. The van der Waals surface area contributed by atoms with E-state index in [9.17, 15) is 4.79 Å². The lowest BCUT2D eigenvalue weighted by molar-refractivity contribution is -0.105. The van der Waals surface area contributed by atoms with Gasteiger partial charge >= 0.3 is 0 Å². The quantitative estimate of drug-likeness (QED) is 0.644. The summed E-state index contributed by atoms with van der Waals surface area (Å²) in [5.41, 5.74) is 4.61. The second kappa shape index (κ2) is 8.49. The zero-order chi connectivity index (χ0) is 19.2. The highest BCUT2D eigenvalue weighted by molar-refractivity contribution is 5.73. The number of morpholine rings is 1. The molecule has 142 valence electrons. The van der Waals surface area contributed by atoms with Gasteiger partial charge in [0.1, 0.15) is 0 Å². The second-order valence-corrected chi connectivity index (χ2v) is 6.38. The van der Waals surface area contributed by atoms with Gasteiger partial charge in [-0.3, -0.25) is 4.79 Å². The SMILES string of the molecule is O=CNc1ccc(-c2ccnc(Nc3ccc(N4CCOCC4)cc3)n2)cc1. The molecule has 2 N–H and O–H groups in total. The highest BCUT2D eigenvalue weighted by atomic mass is 16.5. The normalized spacial score (nSPS) is 13.8. The molecule has 2 aromatic carbocycles. The van der Waals surface area contributed by atoms with Crippen molar-refractivity contribution in [2.45, 2.75) is 0 Å². The molecule has 0 radical (unpaired) electrons. The number of hydrogen-bond donors (Lipinski definition) is 2. The van der Waals surface area contributed by atoms with E-state index in [2.05, 4.69) is 37.6 Å². The Hall–Kier alpha value is -3.45. The summed E-state index contributed by atoms with van der Waals surface area (Å²) in [5, 5.41) is 5.87. The lowest BCUT2D eigenvalue weighted by Gasteiger charge is -2.28. The first-order valence-corrected chi connectivity index (χ1v) is 9.15. The Kier molecular flexibility index (Phi) is 5.44. The molecule has 0 atom stereocenters. The number of carbonyl (C=O) groups is 1. The maximum absolute atomic E-state index is 10.5. The molecule has 7 nitrogen and oxygen atoms in total. The van der Waals surface area contributed by atoms with Gasteiger partial charge in [-0.2, -0.15) is 0 Å². The Morgan fingerprint density at radius 1 is 0.929 bits per heavy atom. The van der Waals surface area contributed by atoms with Gasteiger partial charge in [-0.15, -0.1) is 0 Å². The molecule has 28 heavy (non-hydrogen) atoms. The lowest BCUT2D eigenvalue weighted by atomic mass is 10.1. The number of carbonyl (C=O) groups excluding carboxylic acids is 1. The van der Waals surface area contributed by atoms with E-state index in [1.165, 1.54) is 5.69 Å². The van der Waals surface area contributed by atoms with E-state index in [4.69, 9.17) is 4.74 Å². The van der Waals surface area contributed by atoms with Crippen LogP contribution in [0.3, 0.4) is 0 Å². The molecule has 1 aliphatic rings. The molecule has 1 fully saturated rings. The minimum absolute atomic E-state index is 0.534. The highest BCUT2D eigenvalue weighted by Crippen LogP contribution is 2.23. The minimum atomic E-state index is 0.534. The van der Waals surface area contributed by atoms with Crippen molar-refractivity contribution in [3.05, 3.63) is 60.8 Å². The van der Waals surface area contributed by atoms with E-state index in [1.807, 2.05) is 42.5 Å². The standard InChI is InChI=1S/C21H21N5O2/c27-15-23-17-3-1-16(2-4-17)20-9-10-22-21(25-20)24-18-5-7-19(8-6-18)26-11-13-28-14-12-26/h1-10,15H,11-14H2,(H,23,27)(H,22,24,25). The number of amides is 1. The fourth-order valence-corrected chi connectivity index (χ4v) is 3.09. The molecule has 1 aromatic heterocycles. The summed E-state index contributed by atoms with van der Waals surface area (Å²) in [6, 6.07) is 17.6. The number of nitrogens with one attached hydrogen (secondary N) is 2. The third kappa shape index (κ3) is 4.27. The fraction of sp³-hybridized carbons (Fsp3) is 0.190. The molecule has 4 rings (SSSR count). The van der Waals surface area contributed by atoms with Crippen molar-refractivity contribution >= 4 is 29.4 Å². The van der Waals surface area contributed by atoms with Crippen LogP contribution in [-0.4, -0.2) is 42.7 Å². The minimum Gasteiger partial charge on any atom is -0.378 e. The van der Waals surface area contributed by atoms with Crippen LogP contribution in [0.4, 0.5) is 23.0 Å². The predicted molar refractivity (Wildman–Crippen MR) is 110 cm³/mol. The Labute approximate surface area is 163 Å². The van der Waals surface area contributed by atoms with Gasteiger partial charge in [-0.25, -0.2) is 9.97 Å². The third-order valence-electron chi connectivity index (χ3n) is 4.56. The zero-order valence-electron chi connectivity index (χ0n) is 15.3. The summed E-state index contributed by atoms with van der Waals surface area (Å²) in [7, 11) is 0. The summed E-state index contributed by atoms with van der Waals surface area (Å²) in [5.74, 6) is 0.534. The van der Waals surface area contributed by atoms with Crippen molar-refractivity contribution in [1.29, 1.82) is 0 Å². The summed E-state index contributed by atoms with van der Waals surface area (Å²) in [6.07, 6.45) is 2.39. The molecule has 0 unspecified atom stereocenters. The van der Waals surface area contributed by atoms with Crippen molar-refractivity contribution < 1.29 is 9.53 Å². The molecule has 0 saturated carbocycles. The van der Waals surface area contributed by atoms with Crippen molar-refractivity contribution in [1.82, 2.24) is 9.97 Å². The molecule has 0 bridgehead atoms. The van der Waals surface area contributed by atoms with Crippen molar-refractivity contribution in [3.8, 4) is 11.3 Å². The molecule has 2 heterocycles. The average Bonchev–Trinajstić information content (AvgIpc) is 2.76. The first-order chi connectivity index (χ1) is 13.8. The summed E-state index contributed by atoms with van der Waals surface area (Å²) < 4.78 is 5.40. The van der Waals surface area contributed by atoms with Gasteiger partial charge in [0.15, 0.2) is 0 Å². The predicted octanol–water partition coefficient (Wildman–Crippen LogP) is 3.29. The Bertz CT molecular complexity index is 922. The number of anilines is 4. The van der Waals surface area contributed by atoms with Crippen molar-refractivity contribution in [3.63, 3.8) is 0 Å². The van der Waals surface area contributed by atoms with E-state index < -0.39 is 0 Å². The van der Waals surface area contributed by atoms with Gasteiger partial charge in [0.05, 0.1) is 18.9 Å². The number of ether oxygens (including phenoxy) is 1. The van der Waals surface area contributed by atoms with Crippen LogP contribution in [0.2, 0.25) is 0 Å². The van der Waals surface area contributed by atoms with Crippen molar-refractivity contribution in [2.24, 2.45) is 0 Å².